The second-order valence-corrected chi connectivity index (χ2v) is 9.44. The van der Waals surface area contributed by atoms with E-state index in [4.69, 9.17) is 4.98 Å². The van der Waals surface area contributed by atoms with E-state index in [1.54, 1.807) is 6.07 Å². The van der Waals surface area contributed by atoms with Crippen LogP contribution in [0, 0.1) is 6.92 Å². The van der Waals surface area contributed by atoms with Crippen molar-refractivity contribution >= 4 is 17.4 Å². The minimum atomic E-state index is -0.163. The van der Waals surface area contributed by atoms with Crippen molar-refractivity contribution in [1.82, 2.24) is 14.8 Å². The largest absolute Gasteiger partial charge is 0.355 e. The van der Waals surface area contributed by atoms with E-state index in [2.05, 4.69) is 33.9 Å². The number of nitrogens with one attached hydrogen (secondary N) is 1. The summed E-state index contributed by atoms with van der Waals surface area (Å²) in [6.45, 7) is 13.2. The number of aromatic nitrogens is 1. The van der Waals surface area contributed by atoms with Crippen LogP contribution in [0.2, 0.25) is 0 Å². The lowest BCUT2D eigenvalue weighted by atomic mass is 10.0. The van der Waals surface area contributed by atoms with E-state index in [9.17, 15) is 4.79 Å². The molecular weight excluding hydrogens is 398 g/mol. The molecule has 2 fully saturated rings. The van der Waals surface area contributed by atoms with Gasteiger partial charge in [-0.1, -0.05) is 23.8 Å². The molecule has 2 aliphatic rings. The fraction of sp³-hybridized carbons (Fsp3) is 0.538. The number of amides is 1. The van der Waals surface area contributed by atoms with Gasteiger partial charge in [0.25, 0.3) is 5.91 Å². The van der Waals surface area contributed by atoms with E-state index in [0.717, 1.165) is 44.1 Å². The number of nitrogens with zero attached hydrogens (tertiary/aromatic N) is 4. The zero-order valence-corrected chi connectivity index (χ0v) is 19.8. The Hall–Kier alpha value is -2.44. The maximum Gasteiger partial charge on any atom is 0.274 e. The summed E-state index contributed by atoms with van der Waals surface area (Å²) in [6.07, 6.45) is 3.67. The predicted molar refractivity (Wildman–Crippen MR) is 132 cm³/mol. The molecule has 2 saturated heterocycles. The van der Waals surface area contributed by atoms with Gasteiger partial charge in [0, 0.05) is 44.0 Å². The molecule has 0 saturated carbocycles. The molecule has 6 heteroatoms. The summed E-state index contributed by atoms with van der Waals surface area (Å²) in [5, 5.41) is 2.96. The molecule has 1 N–H and O–H groups in total. The van der Waals surface area contributed by atoms with E-state index < -0.39 is 0 Å². The van der Waals surface area contributed by atoms with Gasteiger partial charge in [-0.3, -0.25) is 9.69 Å². The van der Waals surface area contributed by atoms with Crippen molar-refractivity contribution in [2.24, 2.45) is 0 Å². The highest BCUT2D eigenvalue weighted by atomic mass is 16.1. The summed E-state index contributed by atoms with van der Waals surface area (Å²) < 4.78 is 0. The Bertz CT molecular complexity index is 889. The number of benzene rings is 1. The molecule has 4 rings (SSSR count). The highest BCUT2D eigenvalue weighted by molar-refractivity contribution is 6.03. The Labute approximate surface area is 192 Å². The van der Waals surface area contributed by atoms with Crippen molar-refractivity contribution in [3.05, 3.63) is 53.7 Å². The van der Waals surface area contributed by atoms with Crippen LogP contribution >= 0.6 is 0 Å². The number of carbonyl (C=O) groups is 1. The van der Waals surface area contributed by atoms with Gasteiger partial charge in [0.2, 0.25) is 0 Å². The Morgan fingerprint density at radius 2 is 1.72 bits per heavy atom. The summed E-state index contributed by atoms with van der Waals surface area (Å²) in [5.74, 6) is 0.738. The van der Waals surface area contributed by atoms with Gasteiger partial charge in [-0.15, -0.1) is 0 Å². The smallest absolute Gasteiger partial charge is 0.274 e. The average molecular weight is 436 g/mol. The van der Waals surface area contributed by atoms with Crippen LogP contribution < -0.4 is 10.2 Å². The van der Waals surface area contributed by atoms with Gasteiger partial charge in [-0.25, -0.2) is 4.98 Å². The number of likely N-dealkylation sites (tertiary alicyclic amines) is 1. The maximum absolute atomic E-state index is 12.7. The van der Waals surface area contributed by atoms with Gasteiger partial charge in [0.15, 0.2) is 0 Å². The molecule has 0 aliphatic carbocycles. The van der Waals surface area contributed by atoms with Crippen molar-refractivity contribution in [3.8, 4) is 0 Å². The highest BCUT2D eigenvalue weighted by Crippen LogP contribution is 2.22. The molecule has 2 aromatic rings. The fourth-order valence-electron chi connectivity index (χ4n) is 4.86. The van der Waals surface area contributed by atoms with Gasteiger partial charge in [-0.2, -0.15) is 0 Å². The zero-order valence-electron chi connectivity index (χ0n) is 19.8. The van der Waals surface area contributed by atoms with Crippen LogP contribution in [0.1, 0.15) is 49.2 Å². The van der Waals surface area contributed by atoms with E-state index in [-0.39, 0.29) is 5.91 Å². The number of hydrogen-bond acceptors (Lipinski definition) is 5. The monoisotopic (exact) mass is 435 g/mol. The van der Waals surface area contributed by atoms with Crippen molar-refractivity contribution in [2.75, 3.05) is 49.5 Å². The van der Waals surface area contributed by atoms with Crippen molar-refractivity contribution in [3.63, 3.8) is 0 Å². The molecule has 6 nitrogen and oxygen atoms in total. The third-order valence-corrected chi connectivity index (χ3v) is 6.88. The Morgan fingerprint density at radius 1 is 0.969 bits per heavy atom. The third kappa shape index (κ3) is 5.67. The van der Waals surface area contributed by atoms with Gasteiger partial charge in [0.05, 0.1) is 0 Å². The molecule has 1 amide bonds. The highest BCUT2D eigenvalue weighted by Gasteiger charge is 2.27. The standard InChI is InChI=1S/C26H37N5O/c1-20(2)29-16-12-23(13-17-29)30-14-5-15-31(19-18-30)25-7-4-6-24(28-25)26(32)27-22-10-8-21(3)9-11-22/h4,6-11,20,23H,5,12-19H2,1-3H3,(H,27,32). The summed E-state index contributed by atoms with van der Waals surface area (Å²) in [5.41, 5.74) is 2.43. The number of anilines is 2. The Kier molecular flexibility index (Phi) is 7.43. The molecule has 0 radical (unpaired) electrons. The minimum absolute atomic E-state index is 0.163. The molecular formula is C26H37N5O. The average Bonchev–Trinajstić information content (AvgIpc) is 3.07. The number of rotatable bonds is 5. The van der Waals surface area contributed by atoms with Crippen LogP contribution in [0.15, 0.2) is 42.5 Å². The molecule has 0 spiro atoms. The summed E-state index contributed by atoms with van der Waals surface area (Å²) in [4.78, 5) is 25.1. The number of aryl methyl sites for hydroxylation is 1. The number of pyridine rings is 1. The van der Waals surface area contributed by atoms with E-state index >= 15 is 0 Å². The second-order valence-electron chi connectivity index (χ2n) is 9.44. The van der Waals surface area contributed by atoms with Crippen LogP contribution in [0.25, 0.3) is 0 Å². The van der Waals surface area contributed by atoms with Crippen molar-refractivity contribution in [2.45, 2.75) is 52.1 Å². The Morgan fingerprint density at radius 3 is 2.44 bits per heavy atom. The topological polar surface area (TPSA) is 51.7 Å². The summed E-state index contributed by atoms with van der Waals surface area (Å²) in [7, 11) is 0. The molecule has 32 heavy (non-hydrogen) atoms. The number of piperidine rings is 1. The van der Waals surface area contributed by atoms with Crippen LogP contribution in [-0.4, -0.2) is 72.0 Å². The molecule has 1 aromatic carbocycles. The number of hydrogen-bond donors (Lipinski definition) is 1. The molecule has 0 atom stereocenters. The van der Waals surface area contributed by atoms with E-state index in [1.165, 1.54) is 31.5 Å². The van der Waals surface area contributed by atoms with Crippen LogP contribution in [-0.2, 0) is 0 Å². The zero-order chi connectivity index (χ0) is 22.5. The second kappa shape index (κ2) is 10.5. The molecule has 3 heterocycles. The van der Waals surface area contributed by atoms with Crippen molar-refractivity contribution in [1.29, 1.82) is 0 Å². The molecule has 0 bridgehead atoms. The summed E-state index contributed by atoms with van der Waals surface area (Å²) >= 11 is 0. The first-order valence-corrected chi connectivity index (χ1v) is 12.1. The lowest BCUT2D eigenvalue weighted by molar-refractivity contribution is 0.0965. The molecule has 0 unspecified atom stereocenters. The lowest BCUT2D eigenvalue weighted by Gasteiger charge is -2.39. The fourth-order valence-corrected chi connectivity index (χ4v) is 4.86. The Balaban J connectivity index is 1.35. The van der Waals surface area contributed by atoms with Crippen LogP contribution in [0.3, 0.4) is 0 Å². The van der Waals surface area contributed by atoms with E-state index in [1.807, 2.05) is 43.3 Å². The lowest BCUT2D eigenvalue weighted by Crippen LogP contribution is -2.47. The first kappa shape index (κ1) is 22.7. The van der Waals surface area contributed by atoms with Crippen LogP contribution in [0.5, 0.6) is 0 Å². The first-order chi connectivity index (χ1) is 15.5. The van der Waals surface area contributed by atoms with Crippen LogP contribution in [0.4, 0.5) is 11.5 Å². The first-order valence-electron chi connectivity index (χ1n) is 12.1. The predicted octanol–water partition coefficient (Wildman–Crippen LogP) is 4.03. The SMILES string of the molecule is Cc1ccc(NC(=O)c2cccc(N3CCCN(C4CCN(C(C)C)CC4)CC3)n2)cc1. The molecule has 2 aliphatic heterocycles. The van der Waals surface area contributed by atoms with Gasteiger partial charge in [-0.05, 0) is 77.4 Å². The van der Waals surface area contributed by atoms with Gasteiger partial charge in [0.1, 0.15) is 11.5 Å². The van der Waals surface area contributed by atoms with Crippen molar-refractivity contribution < 1.29 is 4.79 Å². The van der Waals surface area contributed by atoms with Gasteiger partial charge < -0.3 is 15.1 Å². The number of carbonyl (C=O) groups excluding carboxylic acids is 1. The maximum atomic E-state index is 12.7. The minimum Gasteiger partial charge on any atom is -0.355 e. The quantitative estimate of drug-likeness (QED) is 0.769. The molecule has 1 aromatic heterocycles. The van der Waals surface area contributed by atoms with Gasteiger partial charge >= 0.3 is 0 Å². The van der Waals surface area contributed by atoms with E-state index in [0.29, 0.717) is 17.8 Å². The summed E-state index contributed by atoms with van der Waals surface area (Å²) in [6, 6.07) is 14.9. The normalized spacial score (nSPS) is 19.2. The molecule has 172 valence electrons. The third-order valence-electron chi connectivity index (χ3n) is 6.88.